The molecule has 3 N–H and O–H groups in total. The maximum absolute atomic E-state index is 9.80. The van der Waals surface area contributed by atoms with Crippen LogP contribution < -0.4 is 5.32 Å². The first-order valence-corrected chi connectivity index (χ1v) is 7.87. The summed E-state index contributed by atoms with van der Waals surface area (Å²) in [4.78, 5) is 2.47. The lowest BCUT2D eigenvalue weighted by Gasteiger charge is -2.27. The van der Waals surface area contributed by atoms with E-state index >= 15 is 0 Å². The van der Waals surface area contributed by atoms with Gasteiger partial charge in [-0.25, -0.2) is 0 Å². The topological polar surface area (TPSA) is 55.7 Å². The number of phenols is 2. The molecular formula is C14H22N2O2S. The number of phenolic OH excluding ortho intramolecular Hbond substituents is 2. The minimum Gasteiger partial charge on any atom is -0.508 e. The highest BCUT2D eigenvalue weighted by Gasteiger charge is 2.12. The molecule has 0 spiro atoms. The van der Waals surface area contributed by atoms with E-state index in [4.69, 9.17) is 0 Å². The van der Waals surface area contributed by atoms with Crippen LogP contribution in [0, 0.1) is 0 Å². The molecule has 1 aromatic carbocycles. The summed E-state index contributed by atoms with van der Waals surface area (Å²) in [5, 5.41) is 22.5. The van der Waals surface area contributed by atoms with E-state index in [0.29, 0.717) is 0 Å². The van der Waals surface area contributed by atoms with Gasteiger partial charge in [-0.05, 0) is 13.0 Å². The fourth-order valence-corrected chi connectivity index (χ4v) is 3.25. The lowest BCUT2D eigenvalue weighted by molar-refractivity contribution is 0.296. The molecule has 19 heavy (non-hydrogen) atoms. The van der Waals surface area contributed by atoms with Crippen LogP contribution in [-0.2, 0) is 0 Å². The quantitative estimate of drug-likeness (QED) is 0.769. The Morgan fingerprint density at radius 3 is 2.74 bits per heavy atom. The van der Waals surface area contributed by atoms with Crippen molar-refractivity contribution in [3.63, 3.8) is 0 Å². The SMILES string of the molecule is CC(NCCN1CCSCC1)c1ccc(O)cc1O. The number of hydrogen-bond acceptors (Lipinski definition) is 5. The molecule has 1 unspecified atom stereocenters. The lowest BCUT2D eigenvalue weighted by atomic mass is 10.1. The van der Waals surface area contributed by atoms with E-state index in [9.17, 15) is 10.2 Å². The van der Waals surface area contributed by atoms with Gasteiger partial charge in [-0.2, -0.15) is 11.8 Å². The third kappa shape index (κ3) is 4.30. The van der Waals surface area contributed by atoms with E-state index in [1.54, 1.807) is 12.1 Å². The maximum Gasteiger partial charge on any atom is 0.124 e. The van der Waals surface area contributed by atoms with Crippen LogP contribution in [0.2, 0.25) is 0 Å². The molecule has 0 bridgehead atoms. The molecule has 106 valence electrons. The van der Waals surface area contributed by atoms with Gasteiger partial charge in [0.1, 0.15) is 11.5 Å². The second kappa shape index (κ2) is 7.03. The maximum atomic E-state index is 9.80. The van der Waals surface area contributed by atoms with Crippen LogP contribution in [0.3, 0.4) is 0 Å². The monoisotopic (exact) mass is 282 g/mol. The fraction of sp³-hybridized carbons (Fsp3) is 0.571. The Morgan fingerprint density at radius 1 is 1.32 bits per heavy atom. The van der Waals surface area contributed by atoms with Gasteiger partial charge < -0.3 is 20.4 Å². The molecule has 5 heteroatoms. The zero-order valence-electron chi connectivity index (χ0n) is 11.3. The van der Waals surface area contributed by atoms with Gasteiger partial charge in [0, 0.05) is 55.4 Å². The fourth-order valence-electron chi connectivity index (χ4n) is 2.27. The van der Waals surface area contributed by atoms with Gasteiger partial charge in [0.2, 0.25) is 0 Å². The smallest absolute Gasteiger partial charge is 0.124 e. The summed E-state index contributed by atoms with van der Waals surface area (Å²) >= 11 is 2.02. The molecule has 0 radical (unpaired) electrons. The highest BCUT2D eigenvalue weighted by Crippen LogP contribution is 2.27. The minimum absolute atomic E-state index is 0.0831. The molecule has 1 saturated heterocycles. The van der Waals surface area contributed by atoms with Crippen molar-refractivity contribution in [1.82, 2.24) is 10.2 Å². The zero-order chi connectivity index (χ0) is 13.7. The Morgan fingerprint density at radius 2 is 2.05 bits per heavy atom. The van der Waals surface area contributed by atoms with Crippen LogP contribution in [0.15, 0.2) is 18.2 Å². The zero-order valence-corrected chi connectivity index (χ0v) is 12.1. The second-order valence-corrected chi connectivity index (χ2v) is 6.10. The predicted molar refractivity (Wildman–Crippen MR) is 80.0 cm³/mol. The Hall–Kier alpha value is -0.910. The first-order valence-electron chi connectivity index (χ1n) is 6.72. The van der Waals surface area contributed by atoms with Crippen molar-refractivity contribution in [1.29, 1.82) is 0 Å². The number of aromatic hydroxyl groups is 2. The number of nitrogens with zero attached hydrogens (tertiary/aromatic N) is 1. The molecule has 1 heterocycles. The number of rotatable bonds is 5. The van der Waals surface area contributed by atoms with Crippen molar-refractivity contribution in [3.8, 4) is 11.5 Å². The van der Waals surface area contributed by atoms with E-state index in [1.807, 2.05) is 18.7 Å². The average molecular weight is 282 g/mol. The van der Waals surface area contributed by atoms with Gasteiger partial charge in [0.05, 0.1) is 0 Å². The van der Waals surface area contributed by atoms with Crippen molar-refractivity contribution in [2.24, 2.45) is 0 Å². The van der Waals surface area contributed by atoms with Crippen LogP contribution in [-0.4, -0.2) is 52.8 Å². The molecule has 0 saturated carbocycles. The summed E-state index contributed by atoms with van der Waals surface area (Å²) in [7, 11) is 0. The molecule has 0 amide bonds. The Balaban J connectivity index is 1.78. The van der Waals surface area contributed by atoms with Gasteiger partial charge in [-0.3, -0.25) is 0 Å². The van der Waals surface area contributed by atoms with E-state index in [1.165, 1.54) is 30.7 Å². The van der Waals surface area contributed by atoms with Crippen LogP contribution in [0.1, 0.15) is 18.5 Å². The molecule has 1 atom stereocenters. The molecule has 0 aliphatic carbocycles. The molecule has 0 aromatic heterocycles. The van der Waals surface area contributed by atoms with Crippen molar-refractivity contribution < 1.29 is 10.2 Å². The van der Waals surface area contributed by atoms with E-state index in [2.05, 4.69) is 10.2 Å². The highest BCUT2D eigenvalue weighted by atomic mass is 32.2. The molecule has 1 fully saturated rings. The Labute approximate surface area is 118 Å². The Bertz CT molecular complexity index is 408. The molecule has 4 nitrogen and oxygen atoms in total. The molecule has 1 aromatic rings. The molecule has 2 rings (SSSR count). The van der Waals surface area contributed by atoms with Crippen molar-refractivity contribution in [2.75, 3.05) is 37.7 Å². The van der Waals surface area contributed by atoms with Gasteiger partial charge in [-0.15, -0.1) is 0 Å². The van der Waals surface area contributed by atoms with Crippen LogP contribution >= 0.6 is 11.8 Å². The van der Waals surface area contributed by atoms with Crippen molar-refractivity contribution in [2.45, 2.75) is 13.0 Å². The standard InChI is InChI=1S/C14H22N2O2S/c1-11(13-3-2-12(17)10-14(13)18)15-4-5-16-6-8-19-9-7-16/h2-3,10-11,15,17-18H,4-9H2,1H3. The van der Waals surface area contributed by atoms with E-state index < -0.39 is 0 Å². The highest BCUT2D eigenvalue weighted by molar-refractivity contribution is 7.99. The average Bonchev–Trinajstić information content (AvgIpc) is 2.39. The van der Waals surface area contributed by atoms with Gasteiger partial charge in [-0.1, -0.05) is 6.07 Å². The predicted octanol–water partition coefficient (Wildman–Crippen LogP) is 1.80. The lowest BCUT2D eigenvalue weighted by Crippen LogP contribution is -2.38. The molecule has 1 aliphatic heterocycles. The summed E-state index contributed by atoms with van der Waals surface area (Å²) in [6.07, 6.45) is 0. The van der Waals surface area contributed by atoms with Crippen molar-refractivity contribution >= 4 is 11.8 Å². The summed E-state index contributed by atoms with van der Waals surface area (Å²) < 4.78 is 0. The van der Waals surface area contributed by atoms with Crippen LogP contribution in [0.5, 0.6) is 11.5 Å². The summed E-state index contributed by atoms with van der Waals surface area (Å²) in [5.41, 5.74) is 0.826. The summed E-state index contributed by atoms with van der Waals surface area (Å²) in [6, 6.07) is 4.84. The van der Waals surface area contributed by atoms with E-state index in [0.717, 1.165) is 18.7 Å². The normalized spacial score (nSPS) is 18.4. The second-order valence-electron chi connectivity index (χ2n) is 4.87. The first-order chi connectivity index (χ1) is 9.16. The first kappa shape index (κ1) is 14.5. The van der Waals surface area contributed by atoms with Crippen LogP contribution in [0.4, 0.5) is 0 Å². The van der Waals surface area contributed by atoms with E-state index in [-0.39, 0.29) is 17.5 Å². The van der Waals surface area contributed by atoms with Gasteiger partial charge >= 0.3 is 0 Å². The molecule has 1 aliphatic rings. The third-order valence-corrected chi connectivity index (χ3v) is 4.41. The Kier molecular flexibility index (Phi) is 5.36. The number of hydrogen-bond donors (Lipinski definition) is 3. The number of nitrogens with one attached hydrogen (secondary N) is 1. The van der Waals surface area contributed by atoms with Gasteiger partial charge in [0.25, 0.3) is 0 Å². The van der Waals surface area contributed by atoms with Crippen LogP contribution in [0.25, 0.3) is 0 Å². The minimum atomic E-state index is 0.0831. The summed E-state index contributed by atoms with van der Waals surface area (Å²) in [6.45, 7) is 6.32. The number of thioether (sulfide) groups is 1. The number of benzene rings is 1. The summed E-state index contributed by atoms with van der Waals surface area (Å²) in [5.74, 6) is 2.71. The van der Waals surface area contributed by atoms with Gasteiger partial charge in [0.15, 0.2) is 0 Å². The van der Waals surface area contributed by atoms with Crippen molar-refractivity contribution in [3.05, 3.63) is 23.8 Å². The third-order valence-electron chi connectivity index (χ3n) is 3.46. The largest absolute Gasteiger partial charge is 0.508 e. The molecular weight excluding hydrogens is 260 g/mol.